The number of aliphatic hydroxyl groups excluding tert-OH is 1. The van der Waals surface area contributed by atoms with Crippen LogP contribution in [0.5, 0.6) is 0 Å². The minimum absolute atomic E-state index is 0.0464. The van der Waals surface area contributed by atoms with Crippen molar-refractivity contribution < 1.29 is 5.11 Å². The quantitative estimate of drug-likeness (QED) is 0.777. The summed E-state index contributed by atoms with van der Waals surface area (Å²) >= 11 is 0. The minimum Gasteiger partial charge on any atom is -0.388 e. The van der Waals surface area contributed by atoms with Gasteiger partial charge in [-0.15, -0.1) is 0 Å². The van der Waals surface area contributed by atoms with Crippen molar-refractivity contribution in [2.24, 2.45) is 5.41 Å². The second-order valence-electron chi connectivity index (χ2n) is 4.66. The van der Waals surface area contributed by atoms with Gasteiger partial charge in [0.05, 0.1) is 6.10 Å². The molecule has 0 saturated carbocycles. The Morgan fingerprint density at radius 3 is 2.14 bits per heavy atom. The topological polar surface area (TPSA) is 20.2 Å². The fourth-order valence-electron chi connectivity index (χ4n) is 1.39. The van der Waals surface area contributed by atoms with Gasteiger partial charge in [0.1, 0.15) is 0 Å². The number of aryl methyl sites for hydroxylation is 1. The SMILES string of the molecule is CCC(C)(C)C(O)c1ccc(C)cc1. The van der Waals surface area contributed by atoms with Crippen molar-refractivity contribution in [3.8, 4) is 0 Å². The van der Waals surface area contributed by atoms with Crippen LogP contribution in [0, 0.1) is 12.3 Å². The zero-order chi connectivity index (χ0) is 10.8. The van der Waals surface area contributed by atoms with Gasteiger partial charge >= 0.3 is 0 Å². The Morgan fingerprint density at radius 1 is 1.21 bits per heavy atom. The lowest BCUT2D eigenvalue weighted by Crippen LogP contribution is -2.20. The molecule has 1 atom stereocenters. The van der Waals surface area contributed by atoms with Crippen molar-refractivity contribution in [3.05, 3.63) is 35.4 Å². The maximum absolute atomic E-state index is 10.1. The number of hydrogen-bond acceptors (Lipinski definition) is 1. The predicted octanol–water partition coefficient (Wildman–Crippen LogP) is 3.46. The van der Waals surface area contributed by atoms with Gasteiger partial charge in [-0.05, 0) is 24.3 Å². The van der Waals surface area contributed by atoms with Crippen LogP contribution in [0.25, 0.3) is 0 Å². The minimum atomic E-state index is -0.368. The maximum atomic E-state index is 10.1. The molecule has 0 aliphatic rings. The van der Waals surface area contributed by atoms with E-state index in [1.165, 1.54) is 5.56 Å². The molecular formula is C13H20O. The van der Waals surface area contributed by atoms with E-state index in [0.29, 0.717) is 0 Å². The third-order valence-corrected chi connectivity index (χ3v) is 3.04. The Morgan fingerprint density at radius 2 is 1.71 bits per heavy atom. The summed E-state index contributed by atoms with van der Waals surface area (Å²) in [4.78, 5) is 0. The first-order valence-electron chi connectivity index (χ1n) is 5.22. The van der Waals surface area contributed by atoms with Crippen LogP contribution in [0.3, 0.4) is 0 Å². The van der Waals surface area contributed by atoms with Crippen LogP contribution in [0.2, 0.25) is 0 Å². The largest absolute Gasteiger partial charge is 0.388 e. The fourth-order valence-corrected chi connectivity index (χ4v) is 1.39. The summed E-state index contributed by atoms with van der Waals surface area (Å²) in [5, 5.41) is 10.1. The molecule has 0 spiro atoms. The van der Waals surface area contributed by atoms with Crippen molar-refractivity contribution in [3.63, 3.8) is 0 Å². The van der Waals surface area contributed by atoms with E-state index in [-0.39, 0.29) is 11.5 Å². The molecule has 78 valence electrons. The molecule has 0 aliphatic carbocycles. The second-order valence-corrected chi connectivity index (χ2v) is 4.66. The normalized spacial score (nSPS) is 14.1. The summed E-state index contributed by atoms with van der Waals surface area (Å²) in [5.41, 5.74) is 2.20. The van der Waals surface area contributed by atoms with Crippen LogP contribution in [0.4, 0.5) is 0 Å². The van der Waals surface area contributed by atoms with Gasteiger partial charge in [0.2, 0.25) is 0 Å². The van der Waals surface area contributed by atoms with Crippen molar-refractivity contribution in [2.45, 2.75) is 40.2 Å². The zero-order valence-corrected chi connectivity index (χ0v) is 9.54. The first-order chi connectivity index (χ1) is 6.47. The summed E-state index contributed by atoms with van der Waals surface area (Å²) < 4.78 is 0. The molecule has 0 radical (unpaired) electrons. The molecular weight excluding hydrogens is 172 g/mol. The summed E-state index contributed by atoms with van der Waals surface area (Å²) in [6, 6.07) is 8.11. The van der Waals surface area contributed by atoms with Gasteiger partial charge in [0.25, 0.3) is 0 Å². The highest BCUT2D eigenvalue weighted by atomic mass is 16.3. The average Bonchev–Trinajstić information content (AvgIpc) is 2.18. The first-order valence-corrected chi connectivity index (χ1v) is 5.22. The lowest BCUT2D eigenvalue weighted by atomic mass is 9.80. The number of rotatable bonds is 3. The number of benzene rings is 1. The van der Waals surface area contributed by atoms with E-state index in [2.05, 4.69) is 27.7 Å². The Balaban J connectivity index is 2.89. The van der Waals surface area contributed by atoms with Crippen LogP contribution in [-0.4, -0.2) is 5.11 Å². The van der Waals surface area contributed by atoms with E-state index in [1.807, 2.05) is 24.3 Å². The molecule has 1 aromatic carbocycles. The number of hydrogen-bond donors (Lipinski definition) is 1. The van der Waals surface area contributed by atoms with E-state index in [1.54, 1.807) is 0 Å². The lowest BCUT2D eigenvalue weighted by Gasteiger charge is -2.29. The molecule has 1 aromatic rings. The van der Waals surface area contributed by atoms with Crippen LogP contribution in [0.15, 0.2) is 24.3 Å². The van der Waals surface area contributed by atoms with E-state index in [4.69, 9.17) is 0 Å². The highest BCUT2D eigenvalue weighted by Gasteiger charge is 2.26. The fraction of sp³-hybridized carbons (Fsp3) is 0.538. The lowest BCUT2D eigenvalue weighted by molar-refractivity contribution is 0.0465. The van der Waals surface area contributed by atoms with Crippen molar-refractivity contribution in [1.29, 1.82) is 0 Å². The average molecular weight is 192 g/mol. The smallest absolute Gasteiger partial charge is 0.0840 e. The van der Waals surface area contributed by atoms with Gasteiger partial charge in [0, 0.05) is 0 Å². The van der Waals surface area contributed by atoms with Crippen molar-refractivity contribution in [2.75, 3.05) is 0 Å². The van der Waals surface area contributed by atoms with Gasteiger partial charge in [-0.25, -0.2) is 0 Å². The predicted molar refractivity (Wildman–Crippen MR) is 60.2 cm³/mol. The summed E-state index contributed by atoms with van der Waals surface area (Å²) in [6.07, 6.45) is 0.607. The zero-order valence-electron chi connectivity index (χ0n) is 9.54. The Bertz CT molecular complexity index is 285. The van der Waals surface area contributed by atoms with Gasteiger partial charge in [-0.1, -0.05) is 50.6 Å². The molecule has 14 heavy (non-hydrogen) atoms. The molecule has 0 saturated heterocycles. The van der Waals surface area contributed by atoms with E-state index in [9.17, 15) is 5.11 Å². The molecule has 0 bridgehead atoms. The van der Waals surface area contributed by atoms with Crippen molar-refractivity contribution in [1.82, 2.24) is 0 Å². The van der Waals surface area contributed by atoms with Gasteiger partial charge < -0.3 is 5.11 Å². The van der Waals surface area contributed by atoms with Crippen LogP contribution < -0.4 is 0 Å². The third kappa shape index (κ3) is 2.36. The molecule has 0 fully saturated rings. The number of aliphatic hydroxyl groups is 1. The van der Waals surface area contributed by atoms with Gasteiger partial charge in [0.15, 0.2) is 0 Å². The molecule has 1 heteroatoms. The van der Waals surface area contributed by atoms with E-state index in [0.717, 1.165) is 12.0 Å². The molecule has 1 rings (SSSR count). The monoisotopic (exact) mass is 192 g/mol. The summed E-state index contributed by atoms with van der Waals surface area (Å²) in [5.74, 6) is 0. The van der Waals surface area contributed by atoms with E-state index >= 15 is 0 Å². The molecule has 0 heterocycles. The third-order valence-electron chi connectivity index (χ3n) is 3.04. The van der Waals surface area contributed by atoms with E-state index < -0.39 is 0 Å². The molecule has 0 amide bonds. The first kappa shape index (κ1) is 11.3. The molecule has 1 unspecified atom stereocenters. The Kier molecular flexibility index (Phi) is 3.33. The van der Waals surface area contributed by atoms with Crippen LogP contribution in [0.1, 0.15) is 44.4 Å². The van der Waals surface area contributed by atoms with Gasteiger partial charge in [-0.2, -0.15) is 0 Å². The Labute approximate surface area is 86.8 Å². The van der Waals surface area contributed by atoms with Gasteiger partial charge in [-0.3, -0.25) is 0 Å². The standard InChI is InChI=1S/C13H20O/c1-5-13(3,4)12(14)11-8-6-10(2)7-9-11/h6-9,12,14H,5H2,1-4H3. The Hall–Kier alpha value is -0.820. The molecule has 0 aromatic heterocycles. The molecule has 0 aliphatic heterocycles. The summed E-state index contributed by atoms with van der Waals surface area (Å²) in [7, 11) is 0. The maximum Gasteiger partial charge on any atom is 0.0840 e. The summed E-state index contributed by atoms with van der Waals surface area (Å²) in [6.45, 7) is 8.35. The molecule has 1 nitrogen and oxygen atoms in total. The van der Waals surface area contributed by atoms with Crippen LogP contribution in [-0.2, 0) is 0 Å². The highest BCUT2D eigenvalue weighted by Crippen LogP contribution is 2.35. The second kappa shape index (κ2) is 4.14. The van der Waals surface area contributed by atoms with Crippen LogP contribution >= 0.6 is 0 Å². The van der Waals surface area contributed by atoms with Crippen molar-refractivity contribution >= 4 is 0 Å². The molecule has 1 N–H and O–H groups in total. The highest BCUT2D eigenvalue weighted by molar-refractivity contribution is 5.24.